The fourth-order valence-electron chi connectivity index (χ4n) is 10.3. The van der Waals surface area contributed by atoms with E-state index in [0.717, 1.165) is 32.9 Å². The van der Waals surface area contributed by atoms with E-state index in [1.807, 2.05) is 18.2 Å². The molecule has 2 aliphatic carbocycles. The summed E-state index contributed by atoms with van der Waals surface area (Å²) in [6.45, 7) is 4.63. The minimum atomic E-state index is -0.543. The molecule has 0 bridgehead atoms. The van der Waals surface area contributed by atoms with Gasteiger partial charge >= 0.3 is 0 Å². The molecule has 0 saturated heterocycles. The van der Waals surface area contributed by atoms with Crippen molar-refractivity contribution in [3.63, 3.8) is 0 Å². The molecule has 2 aliphatic rings. The summed E-state index contributed by atoms with van der Waals surface area (Å²) in [4.78, 5) is 15.9. The lowest BCUT2D eigenvalue weighted by Crippen LogP contribution is -2.28. The molecule has 0 spiro atoms. The Hall–Kier alpha value is -7.43. The van der Waals surface area contributed by atoms with Gasteiger partial charge in [-0.1, -0.05) is 190 Å². The van der Waals surface area contributed by atoms with Crippen LogP contribution in [-0.2, 0) is 10.8 Å². The van der Waals surface area contributed by atoms with Gasteiger partial charge in [-0.25, -0.2) is 4.98 Å². The Kier molecular flexibility index (Phi) is 7.16. The van der Waals surface area contributed by atoms with E-state index in [9.17, 15) is 0 Å². The van der Waals surface area contributed by atoms with Crippen LogP contribution in [0.3, 0.4) is 0 Å². The lowest BCUT2D eigenvalue weighted by Gasteiger charge is -2.34. The summed E-state index contributed by atoms with van der Waals surface area (Å²) in [5.74, 6) is 1.86. The highest BCUT2D eigenvalue weighted by Crippen LogP contribution is 2.56. The topological polar surface area (TPSA) is 43.6 Å². The zero-order valence-electron chi connectivity index (χ0n) is 32.8. The Morgan fingerprint density at radius 3 is 1.63 bits per heavy atom. The number of nitrogens with zero attached hydrogens (tertiary/aromatic N) is 4. The van der Waals surface area contributed by atoms with Gasteiger partial charge in [-0.05, 0) is 73.8 Å². The van der Waals surface area contributed by atoms with Crippen LogP contribution < -0.4 is 0 Å². The molecule has 0 aliphatic heterocycles. The molecule has 0 N–H and O–H groups in total. The van der Waals surface area contributed by atoms with Gasteiger partial charge in [-0.3, -0.25) is 4.57 Å². The number of hydrogen-bond acceptors (Lipinski definition) is 3. The van der Waals surface area contributed by atoms with Crippen molar-refractivity contribution < 1.29 is 0 Å². The average Bonchev–Trinajstić information content (AvgIpc) is 3.88. The molecule has 10 aromatic rings. The highest BCUT2D eigenvalue weighted by Gasteiger charge is 2.46. The lowest BCUT2D eigenvalue weighted by molar-refractivity contribution is 0.660. The van der Waals surface area contributed by atoms with Crippen molar-refractivity contribution in [1.82, 2.24) is 19.5 Å². The van der Waals surface area contributed by atoms with E-state index >= 15 is 0 Å². The molecule has 8 aromatic carbocycles. The molecule has 2 heterocycles. The van der Waals surface area contributed by atoms with Gasteiger partial charge in [0.2, 0.25) is 5.95 Å². The van der Waals surface area contributed by atoms with Gasteiger partial charge in [0.1, 0.15) is 0 Å². The fourth-order valence-corrected chi connectivity index (χ4v) is 10.3. The van der Waals surface area contributed by atoms with Crippen LogP contribution >= 0.6 is 0 Å². The summed E-state index contributed by atoms with van der Waals surface area (Å²) in [5, 5.41) is 2.29. The molecule has 0 saturated carbocycles. The maximum Gasteiger partial charge on any atom is 0.238 e. The van der Waals surface area contributed by atoms with Gasteiger partial charge in [0, 0.05) is 27.3 Å². The minimum absolute atomic E-state index is 0.157. The molecule has 2 aromatic heterocycles. The van der Waals surface area contributed by atoms with Gasteiger partial charge in [0.15, 0.2) is 11.6 Å². The Balaban J connectivity index is 1.13. The van der Waals surface area contributed by atoms with Crippen molar-refractivity contribution in [2.45, 2.75) is 24.7 Å². The first-order valence-corrected chi connectivity index (χ1v) is 20.4. The summed E-state index contributed by atoms with van der Waals surface area (Å²) in [6.07, 6.45) is 0. The molecular formula is C55H38N4. The SMILES string of the molecule is CC1(C)c2ccccc2-c2ccc(-c3nc(-c4ccccc4)nc(-n4c5ccccc5c5ccc(C6(c7ccccc7)c7ccccc7-c7ccccc76)cc54)n3)cc21. The molecular weight excluding hydrogens is 717 g/mol. The summed E-state index contributed by atoms with van der Waals surface area (Å²) in [5.41, 5.74) is 16.0. The first-order valence-electron chi connectivity index (χ1n) is 20.4. The summed E-state index contributed by atoms with van der Waals surface area (Å²) in [7, 11) is 0. The van der Waals surface area contributed by atoms with Gasteiger partial charge < -0.3 is 0 Å². The predicted octanol–water partition coefficient (Wildman–Crippen LogP) is 13.0. The maximum atomic E-state index is 5.41. The Labute approximate surface area is 343 Å². The van der Waals surface area contributed by atoms with E-state index in [0.29, 0.717) is 17.6 Å². The molecule has 4 heteroatoms. The van der Waals surface area contributed by atoms with Crippen LogP contribution in [0.2, 0.25) is 0 Å². The predicted molar refractivity (Wildman–Crippen MR) is 240 cm³/mol. The number of fused-ring (bicyclic) bond motifs is 9. The van der Waals surface area contributed by atoms with Gasteiger partial charge in [0.25, 0.3) is 0 Å². The highest BCUT2D eigenvalue weighted by atomic mass is 15.2. The minimum Gasteiger partial charge on any atom is -0.278 e. The van der Waals surface area contributed by atoms with Crippen LogP contribution in [0.5, 0.6) is 0 Å². The van der Waals surface area contributed by atoms with E-state index in [1.165, 1.54) is 55.6 Å². The van der Waals surface area contributed by atoms with Crippen LogP contribution in [0.4, 0.5) is 0 Å². The number of hydrogen-bond donors (Lipinski definition) is 0. The normalized spacial score (nSPS) is 14.2. The molecule has 4 nitrogen and oxygen atoms in total. The first-order chi connectivity index (χ1) is 29.0. The Bertz CT molecular complexity index is 3260. The average molecular weight is 755 g/mol. The van der Waals surface area contributed by atoms with Crippen LogP contribution in [-0.4, -0.2) is 19.5 Å². The van der Waals surface area contributed by atoms with E-state index in [1.54, 1.807) is 0 Å². The maximum absolute atomic E-state index is 5.41. The van der Waals surface area contributed by atoms with Crippen LogP contribution in [0.25, 0.3) is 72.8 Å². The Morgan fingerprint density at radius 1 is 0.373 bits per heavy atom. The summed E-state index contributed by atoms with van der Waals surface area (Å²) < 4.78 is 2.25. The van der Waals surface area contributed by atoms with Crippen molar-refractivity contribution in [1.29, 1.82) is 0 Å². The molecule has 0 radical (unpaired) electrons. The molecule has 12 rings (SSSR count). The number of rotatable bonds is 5. The van der Waals surface area contributed by atoms with Crippen molar-refractivity contribution in [3.05, 3.63) is 228 Å². The number of aromatic nitrogens is 4. The van der Waals surface area contributed by atoms with E-state index < -0.39 is 5.41 Å². The zero-order valence-corrected chi connectivity index (χ0v) is 32.8. The highest BCUT2D eigenvalue weighted by molar-refractivity contribution is 6.09. The second kappa shape index (κ2) is 12.5. The van der Waals surface area contributed by atoms with E-state index in [2.05, 4.69) is 194 Å². The third-order valence-electron chi connectivity index (χ3n) is 13.0. The number of benzene rings is 8. The Morgan fingerprint density at radius 2 is 0.915 bits per heavy atom. The molecule has 0 amide bonds. The molecule has 278 valence electrons. The van der Waals surface area contributed by atoms with Gasteiger partial charge in [-0.2, -0.15) is 9.97 Å². The van der Waals surface area contributed by atoms with Crippen molar-refractivity contribution in [2.75, 3.05) is 0 Å². The van der Waals surface area contributed by atoms with Crippen molar-refractivity contribution >= 4 is 21.8 Å². The van der Waals surface area contributed by atoms with Crippen LogP contribution in [0.1, 0.15) is 47.2 Å². The summed E-state index contributed by atoms with van der Waals surface area (Å²) in [6, 6.07) is 70.2. The van der Waals surface area contributed by atoms with Gasteiger partial charge in [-0.15, -0.1) is 0 Å². The largest absolute Gasteiger partial charge is 0.278 e. The molecule has 0 unspecified atom stereocenters. The third kappa shape index (κ3) is 4.74. The van der Waals surface area contributed by atoms with E-state index in [-0.39, 0.29) is 5.41 Å². The monoisotopic (exact) mass is 754 g/mol. The summed E-state index contributed by atoms with van der Waals surface area (Å²) >= 11 is 0. The zero-order chi connectivity index (χ0) is 39.3. The van der Waals surface area contributed by atoms with Crippen LogP contribution in [0, 0.1) is 0 Å². The lowest BCUT2D eigenvalue weighted by atomic mass is 9.67. The number of para-hydroxylation sites is 1. The van der Waals surface area contributed by atoms with Crippen LogP contribution in [0.15, 0.2) is 194 Å². The molecule has 59 heavy (non-hydrogen) atoms. The standard InChI is InChI=1S/C55H38N4/c1-54(2)45-25-13-9-21-39(45)42-31-29-36(33-48(42)54)52-56-51(35-17-5-3-6-18-35)57-53(58-52)59-49-28-16-12-24-43(49)44-32-30-38(34-50(44)59)55(37-19-7-4-8-20-37)46-26-14-10-22-40(46)41-23-11-15-27-47(41)55/h3-34H,1-2H3. The fraction of sp³-hybridized carbons (Fsp3) is 0.0727. The van der Waals surface area contributed by atoms with Crippen molar-refractivity contribution in [3.8, 4) is 51.0 Å². The third-order valence-corrected chi connectivity index (χ3v) is 13.0. The quantitative estimate of drug-likeness (QED) is 0.176. The molecule has 0 fully saturated rings. The van der Waals surface area contributed by atoms with Crippen molar-refractivity contribution in [2.24, 2.45) is 0 Å². The van der Waals surface area contributed by atoms with E-state index in [4.69, 9.17) is 15.0 Å². The van der Waals surface area contributed by atoms with Gasteiger partial charge in [0.05, 0.1) is 16.4 Å². The first kappa shape index (κ1) is 33.7. The second-order valence-corrected chi connectivity index (χ2v) is 16.4. The second-order valence-electron chi connectivity index (χ2n) is 16.4. The molecule has 0 atom stereocenters. The smallest absolute Gasteiger partial charge is 0.238 e.